The summed E-state index contributed by atoms with van der Waals surface area (Å²) in [4.78, 5) is 3.79. The first-order valence-electron chi connectivity index (χ1n) is 18.3. The second-order valence-corrected chi connectivity index (χ2v) is 14.0. The van der Waals surface area contributed by atoms with Gasteiger partial charge >= 0.3 is 0 Å². The molecule has 0 bridgehead atoms. The topological polar surface area (TPSA) is 42.9 Å². The maximum atomic E-state index is 10.2. The van der Waals surface area contributed by atoms with E-state index < -0.39 is 0 Å². The molecule has 5 heteroatoms. The van der Waals surface area contributed by atoms with Gasteiger partial charge in [0.05, 0.1) is 57.0 Å². The van der Waals surface area contributed by atoms with Crippen molar-refractivity contribution in [3.63, 3.8) is 0 Å². The normalized spacial score (nSPS) is 11.6. The molecule has 0 N–H and O–H groups in total. The highest BCUT2D eigenvalue weighted by Gasteiger charge is 2.20. The minimum atomic E-state index is 0.576. The van der Waals surface area contributed by atoms with E-state index in [-0.39, 0.29) is 0 Å². The van der Waals surface area contributed by atoms with E-state index in [9.17, 15) is 5.26 Å². The highest BCUT2D eigenvalue weighted by atomic mass is 15.0. The van der Waals surface area contributed by atoms with Crippen LogP contribution < -0.4 is 0 Å². The Labute approximate surface area is 316 Å². The fourth-order valence-electron chi connectivity index (χ4n) is 8.69. The number of benzene rings is 8. The van der Waals surface area contributed by atoms with Crippen LogP contribution in [0.3, 0.4) is 0 Å². The quantitative estimate of drug-likeness (QED) is 0.169. The molecular formula is C50H29N5. The Hall–Kier alpha value is -7.86. The average molecular weight is 700 g/mol. The SMILES string of the molecule is [C-]#[N+]c1ccc2c(c1)c1ccc(-n3c4ccccc4c4ccccc43)cc1n2-c1cc(C#N)ccc1-c1ccc(-n2c3ccccc3c3ccccc32)cc1. The van der Waals surface area contributed by atoms with Crippen molar-refractivity contribution in [1.82, 2.24) is 13.7 Å². The van der Waals surface area contributed by atoms with Gasteiger partial charge in [-0.1, -0.05) is 103 Å². The maximum absolute atomic E-state index is 10.2. The predicted octanol–water partition coefficient (Wildman–Crippen LogP) is 13.1. The summed E-state index contributed by atoms with van der Waals surface area (Å²) in [5, 5.41) is 17.1. The first-order chi connectivity index (χ1) is 27.2. The third-order valence-corrected chi connectivity index (χ3v) is 11.1. The standard InChI is InChI=1S/C50H29N5/c1-52-34-21-27-48-43(29-34)42-26-24-36(54-46-16-8-4-12-40(46)41-13-5-9-17-47(41)54)30-50(42)55(48)49-28-32(31-51)18-25-37(49)33-19-22-35(23-20-33)53-44-14-6-2-10-38(44)39-11-3-7-15-45(39)53/h2-30H. The maximum Gasteiger partial charge on any atom is 0.188 e. The van der Waals surface area contributed by atoms with Crippen LogP contribution in [0.5, 0.6) is 0 Å². The van der Waals surface area contributed by atoms with Gasteiger partial charge in [0.25, 0.3) is 0 Å². The highest BCUT2D eigenvalue weighted by molar-refractivity contribution is 6.13. The molecule has 0 atom stereocenters. The molecule has 3 aromatic heterocycles. The molecule has 5 nitrogen and oxygen atoms in total. The fraction of sp³-hybridized carbons (Fsp3) is 0. The van der Waals surface area contributed by atoms with E-state index in [2.05, 4.69) is 170 Å². The molecule has 11 aromatic rings. The van der Waals surface area contributed by atoms with Crippen LogP contribution in [0.1, 0.15) is 5.56 Å². The van der Waals surface area contributed by atoms with Crippen LogP contribution in [-0.2, 0) is 0 Å². The van der Waals surface area contributed by atoms with Crippen LogP contribution in [0, 0.1) is 17.9 Å². The van der Waals surface area contributed by atoms with Gasteiger partial charge in [-0.05, 0) is 83.7 Å². The van der Waals surface area contributed by atoms with E-state index in [0.29, 0.717) is 11.3 Å². The van der Waals surface area contributed by atoms with Crippen LogP contribution in [-0.4, -0.2) is 13.7 Å². The zero-order valence-corrected chi connectivity index (χ0v) is 29.5. The third kappa shape index (κ3) is 4.51. The molecule has 254 valence electrons. The van der Waals surface area contributed by atoms with Gasteiger partial charge in [0.2, 0.25) is 0 Å². The summed E-state index contributed by atoms with van der Waals surface area (Å²) in [7, 11) is 0. The summed E-state index contributed by atoms with van der Waals surface area (Å²) in [6.45, 7) is 7.81. The number of rotatable bonds is 4. The van der Waals surface area contributed by atoms with Crippen molar-refractivity contribution in [3.05, 3.63) is 193 Å². The second kappa shape index (κ2) is 11.8. The smallest absolute Gasteiger partial charge is 0.188 e. The van der Waals surface area contributed by atoms with Crippen molar-refractivity contribution < 1.29 is 0 Å². The predicted molar refractivity (Wildman–Crippen MR) is 226 cm³/mol. The lowest BCUT2D eigenvalue weighted by atomic mass is 10.0. The Balaban J connectivity index is 1.15. The van der Waals surface area contributed by atoms with Gasteiger partial charge in [-0.3, -0.25) is 0 Å². The van der Waals surface area contributed by atoms with Gasteiger partial charge in [-0.25, -0.2) is 4.85 Å². The van der Waals surface area contributed by atoms with E-state index in [0.717, 1.165) is 61.0 Å². The zero-order valence-electron chi connectivity index (χ0n) is 29.5. The molecule has 8 aromatic carbocycles. The lowest BCUT2D eigenvalue weighted by molar-refractivity contribution is 1.15. The zero-order chi connectivity index (χ0) is 36.6. The Kier molecular flexibility index (Phi) is 6.61. The van der Waals surface area contributed by atoms with Gasteiger partial charge in [0.15, 0.2) is 5.69 Å². The number of para-hydroxylation sites is 4. The minimum Gasteiger partial charge on any atom is -0.309 e. The van der Waals surface area contributed by atoms with E-state index in [1.54, 1.807) is 0 Å². The number of aromatic nitrogens is 3. The van der Waals surface area contributed by atoms with E-state index in [1.165, 1.54) is 32.6 Å². The van der Waals surface area contributed by atoms with Crippen molar-refractivity contribution in [1.29, 1.82) is 5.26 Å². The van der Waals surface area contributed by atoms with Crippen LogP contribution in [0.4, 0.5) is 5.69 Å². The molecule has 0 spiro atoms. The molecule has 55 heavy (non-hydrogen) atoms. The molecule has 0 fully saturated rings. The fourth-order valence-corrected chi connectivity index (χ4v) is 8.69. The molecule has 0 saturated carbocycles. The first kappa shape index (κ1) is 30.7. The first-order valence-corrected chi connectivity index (χ1v) is 18.3. The summed E-state index contributed by atoms with van der Waals surface area (Å²) in [5.41, 5.74) is 12.8. The summed E-state index contributed by atoms with van der Waals surface area (Å²) in [6.07, 6.45) is 0. The van der Waals surface area contributed by atoms with Gasteiger partial charge in [0.1, 0.15) is 0 Å². The lowest BCUT2D eigenvalue weighted by Crippen LogP contribution is -2.00. The van der Waals surface area contributed by atoms with Crippen LogP contribution in [0.2, 0.25) is 0 Å². The molecule has 3 heterocycles. The Morgan fingerprint density at radius 3 is 1.49 bits per heavy atom. The molecule has 0 amide bonds. The van der Waals surface area contributed by atoms with Crippen molar-refractivity contribution in [2.45, 2.75) is 0 Å². The summed E-state index contributed by atoms with van der Waals surface area (Å²) < 4.78 is 6.93. The third-order valence-electron chi connectivity index (χ3n) is 11.1. The molecule has 0 aliphatic rings. The average Bonchev–Trinajstić information content (AvgIpc) is 3.88. The number of nitriles is 1. The van der Waals surface area contributed by atoms with E-state index in [4.69, 9.17) is 6.57 Å². The summed E-state index contributed by atoms with van der Waals surface area (Å²) >= 11 is 0. The number of nitrogens with zero attached hydrogens (tertiary/aromatic N) is 5. The van der Waals surface area contributed by atoms with E-state index >= 15 is 0 Å². The van der Waals surface area contributed by atoms with Gasteiger partial charge in [-0.2, -0.15) is 5.26 Å². The monoisotopic (exact) mass is 699 g/mol. The molecule has 0 unspecified atom stereocenters. The molecular weight excluding hydrogens is 671 g/mol. The Morgan fingerprint density at radius 1 is 0.418 bits per heavy atom. The van der Waals surface area contributed by atoms with Gasteiger partial charge in [0, 0.05) is 43.9 Å². The largest absolute Gasteiger partial charge is 0.309 e. The molecule has 0 aliphatic carbocycles. The van der Waals surface area contributed by atoms with Crippen molar-refractivity contribution in [3.8, 4) is 34.3 Å². The van der Waals surface area contributed by atoms with Crippen molar-refractivity contribution in [2.75, 3.05) is 0 Å². The van der Waals surface area contributed by atoms with Crippen molar-refractivity contribution in [2.24, 2.45) is 0 Å². The highest BCUT2D eigenvalue weighted by Crippen LogP contribution is 2.41. The lowest BCUT2D eigenvalue weighted by Gasteiger charge is -2.16. The van der Waals surface area contributed by atoms with Crippen LogP contribution in [0.15, 0.2) is 176 Å². The van der Waals surface area contributed by atoms with Crippen molar-refractivity contribution >= 4 is 71.1 Å². The van der Waals surface area contributed by atoms with Crippen LogP contribution in [0.25, 0.3) is 98.5 Å². The molecule has 0 aliphatic heterocycles. The number of hydrogen-bond donors (Lipinski definition) is 0. The number of fused-ring (bicyclic) bond motifs is 9. The Bertz CT molecular complexity index is 3350. The molecule has 0 saturated heterocycles. The minimum absolute atomic E-state index is 0.576. The number of hydrogen-bond acceptors (Lipinski definition) is 1. The Morgan fingerprint density at radius 2 is 0.927 bits per heavy atom. The van der Waals surface area contributed by atoms with Gasteiger partial charge < -0.3 is 13.7 Å². The van der Waals surface area contributed by atoms with Gasteiger partial charge in [-0.15, -0.1) is 0 Å². The summed E-state index contributed by atoms with van der Waals surface area (Å²) in [5.74, 6) is 0. The van der Waals surface area contributed by atoms with E-state index in [1.807, 2.05) is 30.3 Å². The molecule has 11 rings (SSSR count). The summed E-state index contributed by atoms with van der Waals surface area (Å²) in [6, 6.07) is 63.8. The molecule has 0 radical (unpaired) electrons. The second-order valence-electron chi connectivity index (χ2n) is 14.0. The van der Waals surface area contributed by atoms with Crippen LogP contribution >= 0.6 is 0 Å².